The number of unbranched alkanes of at least 4 members (excludes halogenated alkanes) is 1. The molecule has 1 aliphatic rings. The van der Waals surface area contributed by atoms with E-state index in [1.807, 2.05) is 29.2 Å². The number of hydrogen-bond donors (Lipinski definition) is 1. The molecule has 0 aliphatic carbocycles. The zero-order valence-corrected chi connectivity index (χ0v) is 15.6. The Balaban J connectivity index is 1.64. The third-order valence-corrected chi connectivity index (χ3v) is 4.99. The summed E-state index contributed by atoms with van der Waals surface area (Å²) < 4.78 is 5.21. The summed E-state index contributed by atoms with van der Waals surface area (Å²) in [5.41, 5.74) is 1.48. The molecule has 1 aromatic heterocycles. The highest BCUT2D eigenvalue weighted by molar-refractivity contribution is 5.80. The molecule has 6 nitrogen and oxygen atoms in total. The Morgan fingerprint density at radius 2 is 1.96 bits per heavy atom. The maximum Gasteiger partial charge on any atom is 0.252 e. The number of piperazine rings is 1. The van der Waals surface area contributed by atoms with Crippen LogP contribution in [0, 0.1) is 0 Å². The van der Waals surface area contributed by atoms with Crippen LogP contribution in [0.15, 0.2) is 29.1 Å². The lowest BCUT2D eigenvalue weighted by Gasteiger charge is -2.34. The molecule has 140 valence electrons. The molecule has 0 spiro atoms. The normalized spacial score (nSPS) is 15.4. The van der Waals surface area contributed by atoms with Crippen molar-refractivity contribution in [2.45, 2.75) is 32.7 Å². The number of carbonyl (C=O) groups is 1. The predicted molar refractivity (Wildman–Crippen MR) is 103 cm³/mol. The molecule has 26 heavy (non-hydrogen) atoms. The molecule has 1 fully saturated rings. The fraction of sp³-hybridized carbons (Fsp3) is 0.500. The number of hydrogen-bond acceptors (Lipinski definition) is 4. The van der Waals surface area contributed by atoms with Gasteiger partial charge in [0.2, 0.25) is 5.91 Å². The van der Waals surface area contributed by atoms with Gasteiger partial charge < -0.3 is 14.6 Å². The first-order valence-electron chi connectivity index (χ1n) is 9.30. The molecular formula is C20H27N3O3. The molecule has 0 bridgehead atoms. The summed E-state index contributed by atoms with van der Waals surface area (Å²) in [6, 6.07) is 7.64. The number of rotatable bonds is 6. The molecule has 1 aromatic carbocycles. The van der Waals surface area contributed by atoms with Crippen molar-refractivity contribution in [2.75, 3.05) is 33.3 Å². The molecule has 3 rings (SSSR count). The maximum atomic E-state index is 12.4. The fourth-order valence-electron chi connectivity index (χ4n) is 3.35. The SMILES string of the molecule is CCCCC(=O)N1CCN(Cc2cc3ccc(OC)cc3[nH]c2=O)CC1. The molecule has 1 amide bonds. The van der Waals surface area contributed by atoms with E-state index >= 15 is 0 Å². The first kappa shape index (κ1) is 18.5. The number of nitrogens with zero attached hydrogens (tertiary/aromatic N) is 2. The van der Waals surface area contributed by atoms with Crippen molar-refractivity contribution in [3.63, 3.8) is 0 Å². The van der Waals surface area contributed by atoms with E-state index < -0.39 is 0 Å². The van der Waals surface area contributed by atoms with Gasteiger partial charge in [-0.25, -0.2) is 0 Å². The largest absolute Gasteiger partial charge is 0.497 e. The Bertz CT molecular complexity index is 823. The Hall–Kier alpha value is -2.34. The van der Waals surface area contributed by atoms with Crippen LogP contribution in [-0.2, 0) is 11.3 Å². The Kier molecular flexibility index (Phi) is 5.93. The monoisotopic (exact) mass is 357 g/mol. The minimum absolute atomic E-state index is 0.0628. The zero-order valence-electron chi connectivity index (χ0n) is 15.6. The summed E-state index contributed by atoms with van der Waals surface area (Å²) in [5.74, 6) is 0.980. The first-order chi connectivity index (χ1) is 12.6. The summed E-state index contributed by atoms with van der Waals surface area (Å²) in [6.45, 7) is 5.79. The number of methoxy groups -OCH3 is 1. The van der Waals surface area contributed by atoms with Crippen LogP contribution in [0.5, 0.6) is 5.75 Å². The third kappa shape index (κ3) is 4.25. The highest BCUT2D eigenvalue weighted by Crippen LogP contribution is 2.19. The van der Waals surface area contributed by atoms with Crippen LogP contribution in [-0.4, -0.2) is 54.0 Å². The molecule has 0 radical (unpaired) electrons. The summed E-state index contributed by atoms with van der Waals surface area (Å²) in [6.07, 6.45) is 2.64. The van der Waals surface area contributed by atoms with Crippen molar-refractivity contribution in [3.05, 3.63) is 40.2 Å². The van der Waals surface area contributed by atoms with E-state index in [9.17, 15) is 9.59 Å². The van der Waals surface area contributed by atoms with Gasteiger partial charge in [-0.1, -0.05) is 13.3 Å². The number of H-pyrrole nitrogens is 1. The van der Waals surface area contributed by atoms with Crippen LogP contribution < -0.4 is 10.3 Å². The Morgan fingerprint density at radius 3 is 2.65 bits per heavy atom. The van der Waals surface area contributed by atoms with Gasteiger partial charge in [0.1, 0.15) is 5.75 Å². The topological polar surface area (TPSA) is 65.6 Å². The van der Waals surface area contributed by atoms with Crippen molar-refractivity contribution in [3.8, 4) is 5.75 Å². The molecule has 2 aromatic rings. The number of nitrogens with one attached hydrogen (secondary N) is 1. The zero-order chi connectivity index (χ0) is 18.5. The standard InChI is InChI=1S/C20H27N3O3/c1-3-4-5-19(24)23-10-8-22(9-11-23)14-16-12-15-6-7-17(26-2)13-18(15)21-20(16)25/h6-7,12-13H,3-5,8-11,14H2,1-2H3,(H,21,25). The first-order valence-corrected chi connectivity index (χ1v) is 9.30. The molecule has 0 saturated carbocycles. The highest BCUT2D eigenvalue weighted by Gasteiger charge is 2.21. The number of ether oxygens (including phenoxy) is 1. The van der Waals surface area contributed by atoms with Gasteiger partial charge in [0, 0.05) is 50.8 Å². The van der Waals surface area contributed by atoms with E-state index in [1.165, 1.54) is 0 Å². The van der Waals surface area contributed by atoms with Crippen molar-refractivity contribution in [2.24, 2.45) is 0 Å². The number of pyridine rings is 1. The van der Waals surface area contributed by atoms with Crippen molar-refractivity contribution in [1.82, 2.24) is 14.8 Å². The van der Waals surface area contributed by atoms with Crippen LogP contribution in [0.25, 0.3) is 10.9 Å². The van der Waals surface area contributed by atoms with E-state index in [0.717, 1.165) is 61.2 Å². The van der Waals surface area contributed by atoms with Gasteiger partial charge in [-0.3, -0.25) is 14.5 Å². The van der Waals surface area contributed by atoms with E-state index in [0.29, 0.717) is 13.0 Å². The lowest BCUT2D eigenvalue weighted by atomic mass is 10.1. The summed E-state index contributed by atoms with van der Waals surface area (Å²) in [5, 5.41) is 0.994. The molecule has 0 unspecified atom stereocenters. The summed E-state index contributed by atoms with van der Waals surface area (Å²) in [4.78, 5) is 31.7. The Labute approximate surface area is 153 Å². The van der Waals surface area contributed by atoms with Gasteiger partial charge in [0.15, 0.2) is 0 Å². The highest BCUT2D eigenvalue weighted by atomic mass is 16.5. The third-order valence-electron chi connectivity index (χ3n) is 4.99. The van der Waals surface area contributed by atoms with Crippen LogP contribution in [0.2, 0.25) is 0 Å². The summed E-state index contributed by atoms with van der Waals surface area (Å²) >= 11 is 0. The van der Waals surface area contributed by atoms with Crippen LogP contribution >= 0.6 is 0 Å². The Morgan fingerprint density at radius 1 is 1.19 bits per heavy atom. The number of carbonyl (C=O) groups excluding carboxylic acids is 1. The number of aromatic nitrogens is 1. The molecule has 0 atom stereocenters. The molecule has 1 aliphatic heterocycles. The molecule has 6 heteroatoms. The minimum Gasteiger partial charge on any atom is -0.497 e. The van der Waals surface area contributed by atoms with Crippen molar-refractivity contribution < 1.29 is 9.53 Å². The lowest BCUT2D eigenvalue weighted by Crippen LogP contribution is -2.48. The average Bonchev–Trinajstić information content (AvgIpc) is 2.67. The van der Waals surface area contributed by atoms with Crippen molar-refractivity contribution in [1.29, 1.82) is 0 Å². The molecule has 2 heterocycles. The second-order valence-corrected chi connectivity index (χ2v) is 6.84. The predicted octanol–water partition coefficient (Wildman–Crippen LogP) is 2.37. The van der Waals surface area contributed by atoms with Crippen LogP contribution in [0.4, 0.5) is 0 Å². The molecule has 1 N–H and O–H groups in total. The fourth-order valence-corrected chi connectivity index (χ4v) is 3.35. The second-order valence-electron chi connectivity index (χ2n) is 6.84. The van der Waals surface area contributed by atoms with Crippen molar-refractivity contribution >= 4 is 16.8 Å². The molecular weight excluding hydrogens is 330 g/mol. The number of fused-ring (bicyclic) bond motifs is 1. The van der Waals surface area contributed by atoms with E-state index in [4.69, 9.17) is 4.74 Å². The average molecular weight is 357 g/mol. The van der Waals surface area contributed by atoms with Crippen LogP contribution in [0.1, 0.15) is 31.7 Å². The van der Waals surface area contributed by atoms with Gasteiger partial charge >= 0.3 is 0 Å². The van der Waals surface area contributed by atoms with E-state index in [2.05, 4.69) is 16.8 Å². The quantitative estimate of drug-likeness (QED) is 0.862. The van der Waals surface area contributed by atoms with Gasteiger partial charge in [0.25, 0.3) is 5.56 Å². The van der Waals surface area contributed by atoms with Gasteiger partial charge in [-0.2, -0.15) is 0 Å². The van der Waals surface area contributed by atoms with Crippen LogP contribution in [0.3, 0.4) is 0 Å². The smallest absolute Gasteiger partial charge is 0.252 e. The van der Waals surface area contributed by atoms with E-state index in [1.54, 1.807) is 7.11 Å². The van der Waals surface area contributed by atoms with Gasteiger partial charge in [-0.05, 0) is 30.0 Å². The maximum absolute atomic E-state index is 12.4. The van der Waals surface area contributed by atoms with Gasteiger partial charge in [0.05, 0.1) is 12.6 Å². The second kappa shape index (κ2) is 8.36. The minimum atomic E-state index is -0.0628. The van der Waals surface area contributed by atoms with E-state index in [-0.39, 0.29) is 11.5 Å². The number of aromatic amines is 1. The number of amides is 1. The summed E-state index contributed by atoms with van der Waals surface area (Å²) in [7, 11) is 1.61. The lowest BCUT2D eigenvalue weighted by molar-refractivity contribution is -0.133. The molecule has 1 saturated heterocycles. The number of benzene rings is 1. The van der Waals surface area contributed by atoms with Gasteiger partial charge in [-0.15, -0.1) is 0 Å².